The van der Waals surface area contributed by atoms with Gasteiger partial charge in [0.15, 0.2) is 0 Å². The van der Waals surface area contributed by atoms with E-state index in [0.717, 1.165) is 25.0 Å². The largest absolute Gasteiger partial charge is 0.348 e. The molecule has 1 saturated heterocycles. The van der Waals surface area contributed by atoms with Crippen molar-refractivity contribution < 1.29 is 12.9 Å². The highest BCUT2D eigenvalue weighted by molar-refractivity contribution is 7.90. The van der Waals surface area contributed by atoms with Gasteiger partial charge in [0.05, 0.1) is 16.9 Å². The Morgan fingerprint density at radius 2 is 2.14 bits per heavy atom. The lowest BCUT2D eigenvalue weighted by Crippen LogP contribution is -2.31. The molecule has 1 saturated carbocycles. The van der Waals surface area contributed by atoms with Crippen LogP contribution in [0.25, 0.3) is 11.5 Å². The predicted octanol–water partition coefficient (Wildman–Crippen LogP) is 1.36. The van der Waals surface area contributed by atoms with E-state index in [4.69, 9.17) is 4.52 Å². The summed E-state index contributed by atoms with van der Waals surface area (Å²) in [6.45, 7) is 0.999. The minimum absolute atomic E-state index is 0.00459. The Morgan fingerprint density at radius 3 is 2.82 bits per heavy atom. The highest BCUT2D eigenvalue weighted by Gasteiger charge is 2.43. The average molecular weight is 322 g/mol. The molecule has 8 heteroatoms. The van der Waals surface area contributed by atoms with Gasteiger partial charge in [-0.05, 0) is 31.4 Å². The maximum absolute atomic E-state index is 12.3. The van der Waals surface area contributed by atoms with E-state index in [-0.39, 0.29) is 11.2 Å². The lowest BCUT2D eigenvalue weighted by molar-refractivity contribution is 0.354. The van der Waals surface area contributed by atoms with Crippen LogP contribution < -0.4 is 0 Å². The second-order valence-electron chi connectivity index (χ2n) is 6.05. The zero-order valence-corrected chi connectivity index (χ0v) is 13.2. The maximum Gasteiger partial charge on any atom is 0.231 e. The van der Waals surface area contributed by atoms with Crippen LogP contribution in [0.15, 0.2) is 22.9 Å². The van der Waals surface area contributed by atoms with Gasteiger partial charge in [-0.15, -0.1) is 0 Å². The normalized spacial score (nSPS) is 23.2. The molecule has 7 nitrogen and oxygen atoms in total. The van der Waals surface area contributed by atoms with Crippen LogP contribution in [-0.4, -0.2) is 45.8 Å². The third kappa shape index (κ3) is 2.26. The van der Waals surface area contributed by atoms with Crippen LogP contribution in [0.4, 0.5) is 0 Å². The van der Waals surface area contributed by atoms with Gasteiger partial charge in [0.1, 0.15) is 0 Å². The Balaban J connectivity index is 1.52. The van der Waals surface area contributed by atoms with Gasteiger partial charge >= 0.3 is 0 Å². The van der Waals surface area contributed by atoms with Crippen LogP contribution in [-0.2, 0) is 17.1 Å². The summed E-state index contributed by atoms with van der Waals surface area (Å²) in [5, 5.41) is 3.86. The molecular formula is C14H18N4O3S. The molecule has 2 aliphatic rings. The fraction of sp³-hybridized carbons (Fsp3) is 0.571. The van der Waals surface area contributed by atoms with Crippen molar-refractivity contribution in [3.05, 3.63) is 24.2 Å². The van der Waals surface area contributed by atoms with Crippen molar-refractivity contribution in [2.75, 3.05) is 13.1 Å². The van der Waals surface area contributed by atoms with Crippen molar-refractivity contribution in [1.29, 1.82) is 0 Å². The van der Waals surface area contributed by atoms with Crippen LogP contribution in [0, 0.1) is 0 Å². The standard InChI is InChI=1S/C14H18N4O3S/c1-17-7-2-3-12(17)13-15-14(21-16-13)10-6-8-18(9-10)22(19,20)11-4-5-11/h2-3,7,10-11H,4-6,8-9H2,1H3/t10-/m0/s1. The van der Waals surface area contributed by atoms with Gasteiger partial charge in [-0.25, -0.2) is 12.7 Å². The summed E-state index contributed by atoms with van der Waals surface area (Å²) >= 11 is 0. The number of rotatable bonds is 4. The van der Waals surface area contributed by atoms with Gasteiger partial charge in [-0.1, -0.05) is 5.16 Å². The lowest BCUT2D eigenvalue weighted by Gasteiger charge is -2.14. The molecule has 0 aromatic carbocycles. The molecule has 3 heterocycles. The molecule has 0 amide bonds. The van der Waals surface area contributed by atoms with Gasteiger partial charge in [-0.3, -0.25) is 0 Å². The molecule has 0 spiro atoms. The van der Waals surface area contributed by atoms with Crippen molar-refractivity contribution in [2.24, 2.45) is 7.05 Å². The zero-order valence-electron chi connectivity index (χ0n) is 12.3. The number of hydrogen-bond donors (Lipinski definition) is 0. The van der Waals surface area contributed by atoms with E-state index >= 15 is 0 Å². The molecule has 1 atom stereocenters. The predicted molar refractivity (Wildman–Crippen MR) is 79.6 cm³/mol. The molecule has 2 fully saturated rings. The summed E-state index contributed by atoms with van der Waals surface area (Å²) in [5.74, 6) is 1.07. The van der Waals surface area contributed by atoms with Crippen molar-refractivity contribution in [3.8, 4) is 11.5 Å². The first-order chi connectivity index (χ1) is 10.6. The van der Waals surface area contributed by atoms with E-state index in [9.17, 15) is 8.42 Å². The maximum atomic E-state index is 12.3. The summed E-state index contributed by atoms with van der Waals surface area (Å²) < 4.78 is 33.4. The number of sulfonamides is 1. The molecule has 0 unspecified atom stereocenters. The van der Waals surface area contributed by atoms with Crippen LogP contribution in [0.5, 0.6) is 0 Å². The monoisotopic (exact) mass is 322 g/mol. The van der Waals surface area contributed by atoms with Gasteiger partial charge in [0, 0.05) is 26.3 Å². The third-order valence-electron chi connectivity index (χ3n) is 4.42. The summed E-state index contributed by atoms with van der Waals surface area (Å²) in [6.07, 6.45) is 4.25. The van der Waals surface area contributed by atoms with E-state index < -0.39 is 10.0 Å². The molecule has 0 radical (unpaired) electrons. The molecule has 2 aromatic heterocycles. The van der Waals surface area contributed by atoms with Gasteiger partial charge in [0.2, 0.25) is 21.7 Å². The minimum Gasteiger partial charge on any atom is -0.348 e. The van der Waals surface area contributed by atoms with Crippen molar-refractivity contribution in [3.63, 3.8) is 0 Å². The highest BCUT2D eigenvalue weighted by atomic mass is 32.2. The van der Waals surface area contributed by atoms with E-state index in [0.29, 0.717) is 24.8 Å². The Morgan fingerprint density at radius 1 is 1.32 bits per heavy atom. The third-order valence-corrected chi connectivity index (χ3v) is 6.79. The number of nitrogens with zero attached hydrogens (tertiary/aromatic N) is 4. The summed E-state index contributed by atoms with van der Waals surface area (Å²) in [7, 11) is -1.19. The smallest absolute Gasteiger partial charge is 0.231 e. The molecule has 1 aliphatic heterocycles. The first kappa shape index (κ1) is 14.0. The second kappa shape index (κ2) is 4.92. The summed E-state index contributed by atoms with van der Waals surface area (Å²) in [4.78, 5) is 4.45. The summed E-state index contributed by atoms with van der Waals surface area (Å²) in [5.41, 5.74) is 0.885. The van der Waals surface area contributed by atoms with E-state index in [1.807, 2.05) is 29.9 Å². The first-order valence-electron chi connectivity index (χ1n) is 7.50. The zero-order chi connectivity index (χ0) is 15.3. The molecule has 0 N–H and O–H groups in total. The lowest BCUT2D eigenvalue weighted by atomic mass is 10.1. The van der Waals surface area contributed by atoms with E-state index in [1.54, 1.807) is 4.31 Å². The van der Waals surface area contributed by atoms with Crippen LogP contribution in [0.1, 0.15) is 31.1 Å². The van der Waals surface area contributed by atoms with Crippen LogP contribution >= 0.6 is 0 Å². The summed E-state index contributed by atoms with van der Waals surface area (Å²) in [6, 6.07) is 3.85. The van der Waals surface area contributed by atoms with E-state index in [2.05, 4.69) is 10.1 Å². The Hall–Kier alpha value is -1.67. The van der Waals surface area contributed by atoms with Crippen LogP contribution in [0.3, 0.4) is 0 Å². The van der Waals surface area contributed by atoms with Crippen LogP contribution in [0.2, 0.25) is 0 Å². The SMILES string of the molecule is Cn1cccc1-c1noc([C@H]2CCN(S(=O)(=O)C3CC3)C2)n1. The fourth-order valence-corrected chi connectivity index (χ4v) is 4.84. The Labute approximate surface area is 129 Å². The first-order valence-corrected chi connectivity index (χ1v) is 9.00. The molecule has 0 bridgehead atoms. The quantitative estimate of drug-likeness (QED) is 0.849. The Kier molecular flexibility index (Phi) is 3.12. The van der Waals surface area contributed by atoms with Gasteiger partial charge < -0.3 is 9.09 Å². The molecule has 4 rings (SSSR count). The highest BCUT2D eigenvalue weighted by Crippen LogP contribution is 2.36. The topological polar surface area (TPSA) is 81.2 Å². The molecule has 2 aromatic rings. The van der Waals surface area contributed by atoms with Crippen molar-refractivity contribution >= 4 is 10.0 Å². The second-order valence-corrected chi connectivity index (χ2v) is 8.26. The van der Waals surface area contributed by atoms with Crippen molar-refractivity contribution in [1.82, 2.24) is 19.0 Å². The van der Waals surface area contributed by atoms with Gasteiger partial charge in [0.25, 0.3) is 0 Å². The molecule has 22 heavy (non-hydrogen) atoms. The minimum atomic E-state index is -3.11. The van der Waals surface area contributed by atoms with E-state index in [1.165, 1.54) is 0 Å². The Bertz CT molecular complexity index is 791. The van der Waals surface area contributed by atoms with Gasteiger partial charge in [-0.2, -0.15) is 4.98 Å². The molecule has 1 aliphatic carbocycles. The van der Waals surface area contributed by atoms with Crippen molar-refractivity contribution in [2.45, 2.75) is 30.4 Å². The molecular weight excluding hydrogens is 304 g/mol. The number of hydrogen-bond acceptors (Lipinski definition) is 5. The molecule has 118 valence electrons. The number of aromatic nitrogens is 3. The average Bonchev–Trinajstić information content (AvgIpc) is 2.91. The fourth-order valence-electron chi connectivity index (χ4n) is 2.94. The number of aryl methyl sites for hydroxylation is 1.